The van der Waals surface area contributed by atoms with Crippen LogP contribution in [0, 0.1) is 0 Å². The van der Waals surface area contributed by atoms with Crippen molar-refractivity contribution in [2.24, 2.45) is 0 Å². The molecule has 1 saturated heterocycles. The number of pyridine rings is 1. The van der Waals surface area contributed by atoms with Crippen molar-refractivity contribution < 1.29 is 14.6 Å². The van der Waals surface area contributed by atoms with E-state index in [-0.39, 0.29) is 30.9 Å². The molecule has 7 heteroatoms. The van der Waals surface area contributed by atoms with Crippen molar-refractivity contribution in [3.05, 3.63) is 23.9 Å². The molecule has 0 saturated carbocycles. The van der Waals surface area contributed by atoms with E-state index in [9.17, 15) is 4.79 Å². The van der Waals surface area contributed by atoms with Crippen LogP contribution in [0.15, 0.2) is 18.3 Å². The van der Waals surface area contributed by atoms with E-state index in [0.717, 1.165) is 24.5 Å². The van der Waals surface area contributed by atoms with Crippen molar-refractivity contribution in [3.63, 3.8) is 0 Å². The average molecular weight is 322 g/mol. The highest BCUT2D eigenvalue weighted by Crippen LogP contribution is 2.18. The van der Waals surface area contributed by atoms with Gasteiger partial charge in [-0.2, -0.15) is 0 Å². The Labute approximate surface area is 137 Å². The second-order valence-corrected chi connectivity index (χ2v) is 6.10. The molecule has 23 heavy (non-hydrogen) atoms. The fourth-order valence-corrected chi connectivity index (χ4v) is 2.58. The normalized spacial score (nSPS) is 22.5. The average Bonchev–Trinajstić information content (AvgIpc) is 2.52. The zero-order chi connectivity index (χ0) is 16.8. The van der Waals surface area contributed by atoms with Crippen LogP contribution in [-0.2, 0) is 11.3 Å². The molecule has 2 rings (SSSR count). The molecule has 1 aliphatic rings. The standard InChI is InChI=1S/C16H26N4O3/c1-11(10-21)19-16(22)18-7-14-4-5-15(17-6-14)20-8-12(2)23-13(3)9-20/h4-6,11-13,21H,7-10H2,1-3H3,(H2,18,19,22)/t11-,12-,13+/m1/s1. The largest absolute Gasteiger partial charge is 0.394 e. The van der Waals surface area contributed by atoms with Crippen molar-refractivity contribution in [2.45, 2.75) is 45.6 Å². The van der Waals surface area contributed by atoms with Gasteiger partial charge in [0.1, 0.15) is 5.82 Å². The Morgan fingerprint density at radius 1 is 1.43 bits per heavy atom. The first-order valence-electron chi connectivity index (χ1n) is 7.98. The van der Waals surface area contributed by atoms with Gasteiger partial charge in [0.05, 0.1) is 24.9 Å². The van der Waals surface area contributed by atoms with Crippen LogP contribution in [0.1, 0.15) is 26.3 Å². The summed E-state index contributed by atoms with van der Waals surface area (Å²) < 4.78 is 5.73. The second kappa shape index (κ2) is 8.12. The summed E-state index contributed by atoms with van der Waals surface area (Å²) in [6.45, 7) is 7.83. The second-order valence-electron chi connectivity index (χ2n) is 6.10. The first-order chi connectivity index (χ1) is 11.0. The number of anilines is 1. The van der Waals surface area contributed by atoms with E-state index in [1.165, 1.54) is 0 Å². The minimum Gasteiger partial charge on any atom is -0.394 e. The van der Waals surface area contributed by atoms with Gasteiger partial charge >= 0.3 is 6.03 Å². The van der Waals surface area contributed by atoms with Crippen LogP contribution in [-0.4, -0.2) is 54.1 Å². The van der Waals surface area contributed by atoms with Gasteiger partial charge in [-0.1, -0.05) is 6.07 Å². The maximum absolute atomic E-state index is 11.6. The Morgan fingerprint density at radius 3 is 2.70 bits per heavy atom. The van der Waals surface area contributed by atoms with Crippen LogP contribution in [0.25, 0.3) is 0 Å². The van der Waals surface area contributed by atoms with E-state index < -0.39 is 0 Å². The number of aliphatic hydroxyl groups excluding tert-OH is 1. The number of carbonyl (C=O) groups excluding carboxylic acids is 1. The minimum atomic E-state index is -0.300. The lowest BCUT2D eigenvalue weighted by Gasteiger charge is -2.36. The quantitative estimate of drug-likeness (QED) is 0.749. The van der Waals surface area contributed by atoms with Crippen molar-refractivity contribution >= 4 is 11.8 Å². The lowest BCUT2D eigenvalue weighted by atomic mass is 10.2. The number of nitrogens with zero attached hydrogens (tertiary/aromatic N) is 2. The highest BCUT2D eigenvalue weighted by Gasteiger charge is 2.22. The van der Waals surface area contributed by atoms with Crippen LogP contribution < -0.4 is 15.5 Å². The summed E-state index contributed by atoms with van der Waals surface area (Å²) in [5.41, 5.74) is 0.926. The zero-order valence-electron chi connectivity index (χ0n) is 14.0. The van der Waals surface area contributed by atoms with Gasteiger partial charge < -0.3 is 25.4 Å². The lowest BCUT2D eigenvalue weighted by Crippen LogP contribution is -2.45. The van der Waals surface area contributed by atoms with Crippen molar-refractivity contribution in [3.8, 4) is 0 Å². The van der Waals surface area contributed by atoms with E-state index in [0.29, 0.717) is 6.54 Å². The smallest absolute Gasteiger partial charge is 0.315 e. The monoisotopic (exact) mass is 322 g/mol. The molecule has 0 aliphatic carbocycles. The summed E-state index contributed by atoms with van der Waals surface area (Å²) in [5, 5.41) is 14.3. The molecule has 7 nitrogen and oxygen atoms in total. The summed E-state index contributed by atoms with van der Waals surface area (Å²) in [4.78, 5) is 18.3. The molecular formula is C16H26N4O3. The number of aliphatic hydroxyl groups is 1. The number of ether oxygens (including phenoxy) is 1. The maximum atomic E-state index is 11.6. The molecule has 1 aromatic heterocycles. The third kappa shape index (κ3) is 5.37. The molecule has 2 amide bonds. The predicted octanol–water partition coefficient (Wildman–Crippen LogP) is 0.875. The Kier molecular flexibility index (Phi) is 6.18. The first kappa shape index (κ1) is 17.5. The zero-order valence-corrected chi connectivity index (χ0v) is 14.0. The summed E-state index contributed by atoms with van der Waals surface area (Å²) in [6, 6.07) is 3.37. The Bertz CT molecular complexity index is 499. The van der Waals surface area contributed by atoms with Crippen LogP contribution in [0.3, 0.4) is 0 Å². The summed E-state index contributed by atoms with van der Waals surface area (Å²) >= 11 is 0. The minimum absolute atomic E-state index is 0.0833. The van der Waals surface area contributed by atoms with Gasteiger partial charge in [0, 0.05) is 25.8 Å². The third-order valence-electron chi connectivity index (χ3n) is 3.66. The van der Waals surface area contributed by atoms with E-state index in [1.54, 1.807) is 13.1 Å². The van der Waals surface area contributed by atoms with Gasteiger partial charge in [-0.3, -0.25) is 0 Å². The van der Waals surface area contributed by atoms with E-state index in [4.69, 9.17) is 9.84 Å². The molecule has 3 N–H and O–H groups in total. The molecule has 1 fully saturated rings. The topological polar surface area (TPSA) is 86.7 Å². The van der Waals surface area contributed by atoms with Gasteiger partial charge in [0.25, 0.3) is 0 Å². The van der Waals surface area contributed by atoms with Gasteiger partial charge in [-0.25, -0.2) is 9.78 Å². The lowest BCUT2D eigenvalue weighted by molar-refractivity contribution is -0.00546. The van der Waals surface area contributed by atoms with Gasteiger partial charge in [0.2, 0.25) is 0 Å². The molecule has 2 heterocycles. The molecule has 1 aliphatic heterocycles. The van der Waals surface area contributed by atoms with Gasteiger partial charge in [-0.05, 0) is 32.4 Å². The Hall–Kier alpha value is -1.86. The molecule has 0 spiro atoms. The maximum Gasteiger partial charge on any atom is 0.315 e. The van der Waals surface area contributed by atoms with Crippen molar-refractivity contribution in [2.75, 3.05) is 24.6 Å². The fourth-order valence-electron chi connectivity index (χ4n) is 2.58. The molecule has 0 unspecified atom stereocenters. The van der Waals surface area contributed by atoms with Crippen LogP contribution in [0.2, 0.25) is 0 Å². The molecule has 0 radical (unpaired) electrons. The third-order valence-corrected chi connectivity index (χ3v) is 3.66. The Balaban J connectivity index is 1.86. The van der Waals surface area contributed by atoms with Crippen molar-refractivity contribution in [1.29, 1.82) is 0 Å². The molecular weight excluding hydrogens is 296 g/mol. The fraction of sp³-hybridized carbons (Fsp3) is 0.625. The molecule has 0 bridgehead atoms. The number of morpholine rings is 1. The number of aromatic nitrogens is 1. The molecule has 3 atom stereocenters. The molecule has 0 aromatic carbocycles. The van der Waals surface area contributed by atoms with Crippen molar-refractivity contribution in [1.82, 2.24) is 15.6 Å². The summed E-state index contributed by atoms with van der Waals surface area (Å²) in [6.07, 6.45) is 2.16. The van der Waals surface area contributed by atoms with Gasteiger partial charge in [-0.15, -0.1) is 0 Å². The SMILES string of the molecule is C[C@H](CO)NC(=O)NCc1ccc(N2C[C@@H](C)O[C@@H](C)C2)nc1. The summed E-state index contributed by atoms with van der Waals surface area (Å²) in [7, 11) is 0. The number of hydrogen-bond acceptors (Lipinski definition) is 5. The number of carbonyl (C=O) groups is 1. The molecule has 128 valence electrons. The van der Waals surface area contributed by atoms with E-state index in [2.05, 4.69) is 34.4 Å². The van der Waals surface area contributed by atoms with Crippen LogP contribution in [0.4, 0.5) is 10.6 Å². The van der Waals surface area contributed by atoms with Crippen LogP contribution >= 0.6 is 0 Å². The highest BCUT2D eigenvalue weighted by molar-refractivity contribution is 5.74. The first-order valence-corrected chi connectivity index (χ1v) is 7.98. The highest BCUT2D eigenvalue weighted by atomic mass is 16.5. The number of amides is 2. The van der Waals surface area contributed by atoms with E-state index >= 15 is 0 Å². The summed E-state index contributed by atoms with van der Waals surface area (Å²) in [5.74, 6) is 0.925. The number of rotatable bonds is 5. The number of nitrogens with one attached hydrogen (secondary N) is 2. The number of hydrogen-bond donors (Lipinski definition) is 3. The Morgan fingerprint density at radius 2 is 2.13 bits per heavy atom. The predicted molar refractivity (Wildman–Crippen MR) is 88.4 cm³/mol. The van der Waals surface area contributed by atoms with Crippen LogP contribution in [0.5, 0.6) is 0 Å². The number of urea groups is 1. The van der Waals surface area contributed by atoms with Gasteiger partial charge in [0.15, 0.2) is 0 Å². The molecule has 1 aromatic rings. The van der Waals surface area contributed by atoms with E-state index in [1.807, 2.05) is 12.1 Å².